The van der Waals surface area contributed by atoms with Crippen LogP contribution < -0.4 is 16.0 Å². The van der Waals surface area contributed by atoms with Crippen molar-refractivity contribution in [2.45, 2.75) is 19.8 Å². The highest BCUT2D eigenvalue weighted by Crippen LogP contribution is 2.13. The van der Waals surface area contributed by atoms with Crippen molar-refractivity contribution in [2.24, 2.45) is 0 Å². The standard InChI is InChI=1S/C19H22BrN3O2/c1-14-4-2-3-5-15(14)10-12-21-18(24)11-13-22-19(25)23-17-8-6-16(20)7-9-17/h2-9H,10-13H2,1H3,(H,21,24)(H2,22,23,25). The molecule has 2 aromatic carbocycles. The highest BCUT2D eigenvalue weighted by molar-refractivity contribution is 9.10. The highest BCUT2D eigenvalue weighted by Gasteiger charge is 2.05. The molecule has 3 amide bonds. The monoisotopic (exact) mass is 403 g/mol. The minimum Gasteiger partial charge on any atom is -0.356 e. The Morgan fingerprint density at radius 3 is 2.40 bits per heavy atom. The Bertz CT molecular complexity index is 717. The lowest BCUT2D eigenvalue weighted by Gasteiger charge is -2.09. The van der Waals surface area contributed by atoms with Crippen LogP contribution in [0.3, 0.4) is 0 Å². The number of carbonyl (C=O) groups excluding carboxylic acids is 2. The average molecular weight is 404 g/mol. The van der Waals surface area contributed by atoms with Crippen LogP contribution in [0.15, 0.2) is 53.0 Å². The third kappa shape index (κ3) is 6.97. The Balaban J connectivity index is 1.61. The minimum absolute atomic E-state index is 0.0717. The van der Waals surface area contributed by atoms with E-state index in [1.807, 2.05) is 24.3 Å². The Morgan fingerprint density at radius 2 is 1.68 bits per heavy atom. The third-order valence-corrected chi connectivity index (χ3v) is 4.25. The zero-order chi connectivity index (χ0) is 18.1. The van der Waals surface area contributed by atoms with Crippen molar-refractivity contribution < 1.29 is 9.59 Å². The van der Waals surface area contributed by atoms with Crippen LogP contribution in [0.5, 0.6) is 0 Å². The highest BCUT2D eigenvalue weighted by atomic mass is 79.9. The van der Waals surface area contributed by atoms with Gasteiger partial charge in [-0.3, -0.25) is 4.79 Å². The molecule has 2 rings (SSSR count). The van der Waals surface area contributed by atoms with Gasteiger partial charge in [-0.1, -0.05) is 40.2 Å². The lowest BCUT2D eigenvalue weighted by molar-refractivity contribution is -0.120. The molecule has 0 heterocycles. The molecule has 0 bridgehead atoms. The number of benzene rings is 2. The average Bonchev–Trinajstić information content (AvgIpc) is 2.59. The van der Waals surface area contributed by atoms with Gasteiger partial charge >= 0.3 is 6.03 Å². The molecule has 0 fully saturated rings. The van der Waals surface area contributed by atoms with Gasteiger partial charge < -0.3 is 16.0 Å². The molecular weight excluding hydrogens is 382 g/mol. The van der Waals surface area contributed by atoms with Crippen LogP contribution in [-0.4, -0.2) is 25.0 Å². The zero-order valence-electron chi connectivity index (χ0n) is 14.1. The molecule has 0 unspecified atom stereocenters. The van der Waals surface area contributed by atoms with Gasteiger partial charge in [-0.2, -0.15) is 0 Å². The third-order valence-electron chi connectivity index (χ3n) is 3.72. The maximum absolute atomic E-state index is 11.8. The van der Waals surface area contributed by atoms with E-state index in [9.17, 15) is 9.59 Å². The SMILES string of the molecule is Cc1ccccc1CCNC(=O)CCNC(=O)Nc1ccc(Br)cc1. The number of carbonyl (C=O) groups is 2. The molecule has 6 heteroatoms. The van der Waals surface area contributed by atoms with Gasteiger partial charge in [0.2, 0.25) is 5.91 Å². The normalized spacial score (nSPS) is 10.2. The molecule has 0 aliphatic heterocycles. The second kappa shape index (κ2) is 9.84. The summed E-state index contributed by atoms with van der Waals surface area (Å²) in [7, 11) is 0. The van der Waals surface area contributed by atoms with E-state index in [-0.39, 0.29) is 18.4 Å². The molecule has 0 aliphatic carbocycles. The fourth-order valence-electron chi connectivity index (χ4n) is 2.31. The summed E-state index contributed by atoms with van der Waals surface area (Å²) in [5.41, 5.74) is 3.15. The van der Waals surface area contributed by atoms with Gasteiger partial charge in [-0.15, -0.1) is 0 Å². The summed E-state index contributed by atoms with van der Waals surface area (Å²) in [4.78, 5) is 23.6. The van der Waals surface area contributed by atoms with Crippen molar-refractivity contribution in [2.75, 3.05) is 18.4 Å². The molecule has 25 heavy (non-hydrogen) atoms. The second-order valence-corrected chi connectivity index (χ2v) is 6.58. The van der Waals surface area contributed by atoms with Crippen LogP contribution >= 0.6 is 15.9 Å². The first-order valence-corrected chi connectivity index (χ1v) is 8.95. The quantitative estimate of drug-likeness (QED) is 0.660. The van der Waals surface area contributed by atoms with Gasteiger partial charge in [0.05, 0.1) is 0 Å². The molecule has 5 nitrogen and oxygen atoms in total. The van der Waals surface area contributed by atoms with E-state index >= 15 is 0 Å². The Labute approximate surface area is 156 Å². The van der Waals surface area contributed by atoms with Crippen molar-refractivity contribution >= 4 is 33.6 Å². The van der Waals surface area contributed by atoms with Crippen LogP contribution in [-0.2, 0) is 11.2 Å². The first kappa shape index (κ1) is 19.0. The Hall–Kier alpha value is -2.34. The van der Waals surface area contributed by atoms with Crippen LogP contribution in [0.1, 0.15) is 17.5 Å². The maximum Gasteiger partial charge on any atom is 0.319 e. The molecule has 0 spiro atoms. The largest absolute Gasteiger partial charge is 0.356 e. The molecule has 2 aromatic rings. The van der Waals surface area contributed by atoms with Crippen molar-refractivity contribution in [1.29, 1.82) is 0 Å². The van der Waals surface area contributed by atoms with Gasteiger partial charge in [0.15, 0.2) is 0 Å². The number of hydrogen-bond acceptors (Lipinski definition) is 2. The Kier molecular flexibility index (Phi) is 7.47. The van der Waals surface area contributed by atoms with Gasteiger partial charge in [0, 0.05) is 29.7 Å². The van der Waals surface area contributed by atoms with E-state index in [2.05, 4.69) is 50.9 Å². The Morgan fingerprint density at radius 1 is 0.960 bits per heavy atom. The predicted octanol–water partition coefficient (Wildman–Crippen LogP) is 3.63. The number of halogens is 1. The molecule has 0 aliphatic rings. The summed E-state index contributed by atoms with van der Waals surface area (Å²) in [5.74, 6) is -0.0717. The summed E-state index contributed by atoms with van der Waals surface area (Å²) in [6.45, 7) is 2.94. The van der Waals surface area contributed by atoms with Gasteiger partial charge in [0.1, 0.15) is 0 Å². The minimum atomic E-state index is -0.324. The number of urea groups is 1. The van der Waals surface area contributed by atoms with Crippen molar-refractivity contribution in [3.63, 3.8) is 0 Å². The molecule has 0 saturated carbocycles. The molecule has 0 atom stereocenters. The zero-order valence-corrected chi connectivity index (χ0v) is 15.7. The number of anilines is 1. The molecule has 0 radical (unpaired) electrons. The fourth-order valence-corrected chi connectivity index (χ4v) is 2.58. The van der Waals surface area contributed by atoms with Crippen LogP contribution in [0.25, 0.3) is 0 Å². The molecule has 0 aromatic heterocycles. The summed E-state index contributed by atoms with van der Waals surface area (Å²) in [6.07, 6.45) is 1.05. The number of aryl methyl sites for hydroxylation is 1. The van der Waals surface area contributed by atoms with Gasteiger partial charge in [-0.05, 0) is 48.7 Å². The summed E-state index contributed by atoms with van der Waals surface area (Å²) < 4.78 is 0.945. The predicted molar refractivity (Wildman–Crippen MR) is 104 cm³/mol. The molecule has 3 N–H and O–H groups in total. The maximum atomic E-state index is 11.8. The summed E-state index contributed by atoms with van der Waals surface area (Å²) in [6, 6.07) is 15.1. The number of rotatable bonds is 7. The first-order chi connectivity index (χ1) is 12.0. The number of hydrogen-bond donors (Lipinski definition) is 3. The number of amides is 3. The smallest absolute Gasteiger partial charge is 0.319 e. The van der Waals surface area contributed by atoms with Gasteiger partial charge in [-0.25, -0.2) is 4.79 Å². The molecular formula is C19H22BrN3O2. The molecule has 132 valence electrons. The van der Waals surface area contributed by atoms with Crippen molar-refractivity contribution in [3.05, 3.63) is 64.1 Å². The van der Waals surface area contributed by atoms with E-state index in [0.29, 0.717) is 18.8 Å². The van der Waals surface area contributed by atoms with Crippen molar-refractivity contribution in [3.8, 4) is 0 Å². The van der Waals surface area contributed by atoms with Crippen LogP contribution in [0.4, 0.5) is 10.5 Å². The lowest BCUT2D eigenvalue weighted by atomic mass is 10.1. The summed E-state index contributed by atoms with van der Waals surface area (Å²) in [5, 5.41) is 8.25. The van der Waals surface area contributed by atoms with E-state index in [1.54, 1.807) is 12.1 Å². The van der Waals surface area contributed by atoms with E-state index < -0.39 is 0 Å². The van der Waals surface area contributed by atoms with Crippen LogP contribution in [0.2, 0.25) is 0 Å². The summed E-state index contributed by atoms with van der Waals surface area (Å²) >= 11 is 3.34. The van der Waals surface area contributed by atoms with Crippen LogP contribution in [0, 0.1) is 6.92 Å². The van der Waals surface area contributed by atoms with Gasteiger partial charge in [0.25, 0.3) is 0 Å². The van der Waals surface area contributed by atoms with Crippen molar-refractivity contribution in [1.82, 2.24) is 10.6 Å². The molecule has 0 saturated heterocycles. The van der Waals surface area contributed by atoms with E-state index in [0.717, 1.165) is 10.9 Å². The van der Waals surface area contributed by atoms with E-state index in [4.69, 9.17) is 0 Å². The van der Waals surface area contributed by atoms with E-state index in [1.165, 1.54) is 11.1 Å². The lowest BCUT2D eigenvalue weighted by Crippen LogP contribution is -2.33. The second-order valence-electron chi connectivity index (χ2n) is 5.66. The topological polar surface area (TPSA) is 70.2 Å². The first-order valence-electron chi connectivity index (χ1n) is 8.16. The fraction of sp³-hybridized carbons (Fsp3) is 0.263. The number of nitrogens with one attached hydrogen (secondary N) is 3.